The second kappa shape index (κ2) is 6.83. The zero-order valence-corrected chi connectivity index (χ0v) is 13.4. The lowest BCUT2D eigenvalue weighted by atomic mass is 10.1. The number of hydrogen-bond donors (Lipinski definition) is 4. The number of amides is 1. The molecule has 1 amide bonds. The molecular formula is C17H16N6O2. The Balaban J connectivity index is 1.86. The molecule has 3 aromatic rings. The first kappa shape index (κ1) is 16.2. The van der Waals surface area contributed by atoms with Gasteiger partial charge in [0.2, 0.25) is 5.91 Å². The molecule has 0 radical (unpaired) electrons. The number of carbonyl (C=O) groups is 1. The first-order valence-electron chi connectivity index (χ1n) is 7.49. The van der Waals surface area contributed by atoms with E-state index < -0.39 is 0 Å². The lowest BCUT2D eigenvalue weighted by Gasteiger charge is -2.01. The minimum atomic E-state index is -0.370. The SMILES string of the molecule is CC(=O)Nc1ccc(N=Nc2c(-c3ccc(N)cc3)[nH][nH]c2=O)cc1. The third-order valence-electron chi connectivity index (χ3n) is 3.41. The summed E-state index contributed by atoms with van der Waals surface area (Å²) >= 11 is 0. The van der Waals surface area contributed by atoms with Gasteiger partial charge in [-0.3, -0.25) is 19.8 Å². The molecule has 0 saturated carbocycles. The zero-order valence-electron chi connectivity index (χ0n) is 13.4. The summed E-state index contributed by atoms with van der Waals surface area (Å²) in [5.74, 6) is -0.152. The van der Waals surface area contributed by atoms with Crippen LogP contribution in [0.2, 0.25) is 0 Å². The van der Waals surface area contributed by atoms with Gasteiger partial charge in [-0.25, -0.2) is 0 Å². The Morgan fingerprint density at radius 1 is 1.00 bits per heavy atom. The number of nitrogens with two attached hydrogens (primary N) is 1. The van der Waals surface area contributed by atoms with Gasteiger partial charge < -0.3 is 11.1 Å². The van der Waals surface area contributed by atoms with Gasteiger partial charge in [-0.15, -0.1) is 5.11 Å². The second-order valence-electron chi connectivity index (χ2n) is 5.35. The van der Waals surface area contributed by atoms with E-state index in [-0.39, 0.29) is 17.2 Å². The van der Waals surface area contributed by atoms with Gasteiger partial charge in [0.1, 0.15) is 0 Å². The highest BCUT2D eigenvalue weighted by molar-refractivity contribution is 5.88. The summed E-state index contributed by atoms with van der Waals surface area (Å²) in [6.07, 6.45) is 0. The molecule has 0 unspecified atom stereocenters. The van der Waals surface area contributed by atoms with E-state index in [0.29, 0.717) is 22.8 Å². The molecule has 0 aliphatic carbocycles. The molecule has 8 heteroatoms. The van der Waals surface area contributed by atoms with Gasteiger partial charge in [0.25, 0.3) is 5.56 Å². The first-order valence-corrected chi connectivity index (χ1v) is 7.49. The van der Waals surface area contributed by atoms with E-state index in [1.54, 1.807) is 48.5 Å². The molecule has 25 heavy (non-hydrogen) atoms. The number of nitrogens with zero attached hydrogens (tertiary/aromatic N) is 2. The Labute approximate surface area is 142 Å². The van der Waals surface area contributed by atoms with Crippen molar-refractivity contribution in [2.24, 2.45) is 10.2 Å². The fourth-order valence-electron chi connectivity index (χ4n) is 2.23. The third kappa shape index (κ3) is 3.81. The topological polar surface area (TPSA) is 128 Å². The van der Waals surface area contributed by atoms with Crippen molar-refractivity contribution in [1.82, 2.24) is 10.2 Å². The zero-order chi connectivity index (χ0) is 17.8. The monoisotopic (exact) mass is 336 g/mol. The molecule has 126 valence electrons. The summed E-state index contributed by atoms with van der Waals surface area (Å²) in [6.45, 7) is 1.44. The van der Waals surface area contributed by atoms with Crippen LogP contribution < -0.4 is 16.6 Å². The van der Waals surface area contributed by atoms with Crippen molar-refractivity contribution in [3.63, 3.8) is 0 Å². The van der Waals surface area contributed by atoms with Gasteiger partial charge in [-0.2, -0.15) is 5.11 Å². The summed E-state index contributed by atoms with van der Waals surface area (Å²) in [5.41, 5.74) is 8.62. The molecule has 2 aromatic carbocycles. The van der Waals surface area contributed by atoms with Crippen molar-refractivity contribution in [2.75, 3.05) is 11.1 Å². The number of rotatable bonds is 4. The molecular weight excluding hydrogens is 320 g/mol. The van der Waals surface area contributed by atoms with Crippen LogP contribution in [0.25, 0.3) is 11.3 Å². The maximum absolute atomic E-state index is 12.0. The fraction of sp³-hybridized carbons (Fsp3) is 0.0588. The number of hydrogen-bond acceptors (Lipinski definition) is 5. The number of anilines is 2. The van der Waals surface area contributed by atoms with Gasteiger partial charge in [0.15, 0.2) is 5.69 Å². The Morgan fingerprint density at radius 2 is 1.68 bits per heavy atom. The first-order chi connectivity index (χ1) is 12.0. The molecule has 0 aliphatic heterocycles. The summed E-state index contributed by atoms with van der Waals surface area (Å²) in [7, 11) is 0. The average molecular weight is 336 g/mol. The van der Waals surface area contributed by atoms with Crippen LogP contribution in [0.5, 0.6) is 0 Å². The number of nitrogen functional groups attached to an aromatic ring is 1. The van der Waals surface area contributed by atoms with E-state index in [0.717, 1.165) is 5.56 Å². The van der Waals surface area contributed by atoms with Crippen LogP contribution in [0, 0.1) is 0 Å². The normalized spacial score (nSPS) is 10.9. The number of nitrogens with one attached hydrogen (secondary N) is 3. The Kier molecular flexibility index (Phi) is 4.42. The molecule has 0 spiro atoms. The molecule has 5 N–H and O–H groups in total. The summed E-state index contributed by atoms with van der Waals surface area (Å²) in [4.78, 5) is 23.0. The van der Waals surface area contributed by atoms with Crippen molar-refractivity contribution >= 4 is 28.7 Å². The summed E-state index contributed by atoms with van der Waals surface area (Å²) < 4.78 is 0. The quantitative estimate of drug-likeness (QED) is 0.431. The number of azo groups is 1. The molecule has 0 bridgehead atoms. The number of benzene rings is 2. The van der Waals surface area contributed by atoms with Crippen LogP contribution in [0.15, 0.2) is 63.6 Å². The summed E-state index contributed by atoms with van der Waals surface area (Å²) in [6, 6.07) is 13.9. The van der Waals surface area contributed by atoms with Crippen LogP contribution in [-0.2, 0) is 4.79 Å². The largest absolute Gasteiger partial charge is 0.399 e. The van der Waals surface area contributed by atoms with E-state index in [1.807, 2.05) is 0 Å². The number of H-pyrrole nitrogens is 2. The van der Waals surface area contributed by atoms with E-state index in [9.17, 15) is 9.59 Å². The Morgan fingerprint density at radius 3 is 2.32 bits per heavy atom. The molecule has 0 atom stereocenters. The van der Waals surface area contributed by atoms with Gasteiger partial charge in [0.05, 0.1) is 11.4 Å². The number of carbonyl (C=O) groups excluding carboxylic acids is 1. The minimum absolute atomic E-state index is 0.152. The predicted molar refractivity (Wildman–Crippen MR) is 96.2 cm³/mol. The van der Waals surface area contributed by atoms with Crippen molar-refractivity contribution in [2.45, 2.75) is 6.92 Å². The smallest absolute Gasteiger partial charge is 0.292 e. The van der Waals surface area contributed by atoms with E-state index in [4.69, 9.17) is 5.73 Å². The maximum atomic E-state index is 12.0. The van der Waals surface area contributed by atoms with E-state index >= 15 is 0 Å². The molecule has 1 heterocycles. The Hall–Kier alpha value is -3.68. The summed E-state index contributed by atoms with van der Waals surface area (Å²) in [5, 5.41) is 16.1. The fourth-order valence-corrected chi connectivity index (χ4v) is 2.23. The van der Waals surface area contributed by atoms with E-state index in [1.165, 1.54) is 6.92 Å². The average Bonchev–Trinajstić information content (AvgIpc) is 2.95. The van der Waals surface area contributed by atoms with Crippen LogP contribution in [-0.4, -0.2) is 16.1 Å². The van der Waals surface area contributed by atoms with Crippen LogP contribution in [0.1, 0.15) is 6.92 Å². The standard InChI is InChI=1S/C17H16N6O2/c1-10(24)19-13-6-8-14(9-7-13)20-22-16-15(21-23-17(16)25)11-2-4-12(18)5-3-11/h2-9H,18H2,1H3,(H,19,24)(H2,21,23,25). The lowest BCUT2D eigenvalue weighted by Crippen LogP contribution is -2.04. The van der Waals surface area contributed by atoms with Crippen LogP contribution in [0.4, 0.5) is 22.7 Å². The number of aromatic amines is 2. The van der Waals surface area contributed by atoms with Gasteiger partial charge in [0, 0.05) is 23.9 Å². The highest BCUT2D eigenvalue weighted by Crippen LogP contribution is 2.27. The van der Waals surface area contributed by atoms with Crippen molar-refractivity contribution in [3.8, 4) is 11.3 Å². The van der Waals surface area contributed by atoms with Crippen molar-refractivity contribution in [3.05, 3.63) is 58.9 Å². The molecule has 8 nitrogen and oxygen atoms in total. The van der Waals surface area contributed by atoms with Crippen LogP contribution in [0.3, 0.4) is 0 Å². The van der Waals surface area contributed by atoms with Crippen molar-refractivity contribution in [1.29, 1.82) is 0 Å². The Bertz CT molecular complexity index is 968. The van der Waals surface area contributed by atoms with Gasteiger partial charge >= 0.3 is 0 Å². The molecule has 1 aromatic heterocycles. The maximum Gasteiger partial charge on any atom is 0.292 e. The van der Waals surface area contributed by atoms with Gasteiger partial charge in [-0.1, -0.05) is 12.1 Å². The van der Waals surface area contributed by atoms with Crippen molar-refractivity contribution < 1.29 is 4.79 Å². The molecule has 0 fully saturated rings. The third-order valence-corrected chi connectivity index (χ3v) is 3.41. The molecule has 3 rings (SSSR count). The van der Waals surface area contributed by atoms with Gasteiger partial charge in [-0.05, 0) is 36.4 Å². The second-order valence-corrected chi connectivity index (χ2v) is 5.35. The van der Waals surface area contributed by atoms with Crippen LogP contribution >= 0.6 is 0 Å². The number of aromatic nitrogens is 2. The lowest BCUT2D eigenvalue weighted by molar-refractivity contribution is -0.114. The molecule has 0 aliphatic rings. The highest BCUT2D eigenvalue weighted by Gasteiger charge is 2.11. The minimum Gasteiger partial charge on any atom is -0.399 e. The predicted octanol–water partition coefficient (Wildman–Crippen LogP) is 3.33. The molecule has 0 saturated heterocycles. The van der Waals surface area contributed by atoms with E-state index in [2.05, 4.69) is 25.7 Å². The highest BCUT2D eigenvalue weighted by atomic mass is 16.1.